The van der Waals surface area contributed by atoms with Gasteiger partial charge in [-0.25, -0.2) is 0 Å². The van der Waals surface area contributed by atoms with Crippen molar-refractivity contribution in [2.45, 2.75) is 0 Å². The SMILES string of the molecule is [C-]#[O+].[C-]#[O+].[C-]#[O+].[C-]#[O+].[C-]#[O+].[C-]#[O+].[C-]#[O+].[C-]#[O+].[C-]#[O+].[C-]#[O+].[C-]#[O+].[C-]#[O+].[Ta].[Ta]. The molecule has 0 atom stereocenters. The van der Waals surface area contributed by atoms with Crippen molar-refractivity contribution in [3.05, 3.63) is 79.8 Å². The van der Waals surface area contributed by atoms with Crippen LogP contribution in [0.3, 0.4) is 0 Å². The van der Waals surface area contributed by atoms with E-state index < -0.39 is 0 Å². The van der Waals surface area contributed by atoms with Gasteiger partial charge in [0, 0.05) is 44.8 Å². The Morgan fingerprint density at radius 1 is 0.154 bits per heavy atom. The minimum Gasteiger partial charge on any atom is 0 e. The van der Waals surface area contributed by atoms with Crippen LogP contribution in [0.5, 0.6) is 0 Å². The Bertz CT molecular complexity index is 220. The van der Waals surface area contributed by atoms with Gasteiger partial charge in [-0.1, -0.05) is 0 Å². The summed E-state index contributed by atoms with van der Waals surface area (Å²) in [4.78, 5) is 0. The average Bonchev–Trinajstić information content (AvgIpc) is 2.84. The van der Waals surface area contributed by atoms with Gasteiger partial charge in [-0.3, -0.25) is 0 Å². The summed E-state index contributed by atoms with van der Waals surface area (Å²) < 4.78 is 90.0. The summed E-state index contributed by atoms with van der Waals surface area (Å²) in [7, 11) is 0. The normalized spacial score (nSPS) is 0.923. The van der Waals surface area contributed by atoms with Crippen molar-refractivity contribution in [1.82, 2.24) is 0 Å². The van der Waals surface area contributed by atoms with Crippen molar-refractivity contribution in [3.63, 3.8) is 0 Å². The van der Waals surface area contributed by atoms with E-state index >= 15 is 0 Å². The zero-order valence-electron chi connectivity index (χ0n) is 11.8. The molecule has 0 aromatic rings. The molecule has 0 spiro atoms. The maximum atomic E-state index is 7.50. The average molecular weight is 698 g/mol. The molecule has 0 bridgehead atoms. The van der Waals surface area contributed by atoms with Crippen molar-refractivity contribution in [3.8, 4) is 0 Å². The molecule has 0 aliphatic heterocycles. The molecule has 0 N–H and O–H groups in total. The van der Waals surface area contributed by atoms with E-state index in [2.05, 4.69) is 79.8 Å². The van der Waals surface area contributed by atoms with Gasteiger partial charge >= 0.3 is 136 Å². The Hall–Kier alpha value is -1.64. The molecule has 0 unspecified atom stereocenters. The van der Waals surface area contributed by atoms with Crippen LogP contribution < -0.4 is 0 Å². The molecule has 0 heterocycles. The third kappa shape index (κ3) is 3800. The second kappa shape index (κ2) is 4350. The number of hydrogen-bond donors (Lipinski definition) is 0. The van der Waals surface area contributed by atoms with E-state index in [1.807, 2.05) is 0 Å². The molecule has 0 saturated carbocycles. The number of hydrogen-bond acceptors (Lipinski definition) is 0. The molecule has 26 heavy (non-hydrogen) atoms. The molecule has 12 nitrogen and oxygen atoms in total. The maximum Gasteiger partial charge on any atom is 0 e. The molecule has 14 heteroatoms. The molecule has 0 saturated heterocycles. The van der Waals surface area contributed by atoms with Gasteiger partial charge in [0.15, 0.2) is 0 Å². The minimum atomic E-state index is 0. The summed E-state index contributed by atoms with van der Waals surface area (Å²) in [5.74, 6) is 0. The van der Waals surface area contributed by atoms with Crippen LogP contribution in [0.15, 0.2) is 0 Å². The van der Waals surface area contributed by atoms with E-state index in [1.54, 1.807) is 0 Å². The maximum absolute atomic E-state index is 7.50. The third-order valence-electron chi connectivity index (χ3n) is 0. The van der Waals surface area contributed by atoms with Gasteiger partial charge in [-0.05, 0) is 0 Å². The number of rotatable bonds is 0. The first-order valence-electron chi connectivity index (χ1n) is 2.45. The summed E-state index contributed by atoms with van der Waals surface area (Å²) in [6.07, 6.45) is 0. The minimum absolute atomic E-state index is 0. The Kier molecular flexibility index (Phi) is 20700. The first-order chi connectivity index (χ1) is 12.0. The summed E-state index contributed by atoms with van der Waals surface area (Å²) in [6.45, 7) is 54.0. The fourth-order valence-corrected chi connectivity index (χ4v) is 0. The van der Waals surface area contributed by atoms with Crippen LogP contribution in [0.1, 0.15) is 0 Å². The molecule has 0 amide bonds. The zero-order chi connectivity index (χ0) is 24.0. The Morgan fingerprint density at radius 3 is 0.154 bits per heavy atom. The molecule has 0 aromatic carbocycles. The van der Waals surface area contributed by atoms with E-state index in [-0.39, 0.29) is 44.8 Å². The third-order valence-corrected chi connectivity index (χ3v) is 0. The fourth-order valence-electron chi connectivity index (χ4n) is 0. The molecule has 0 fully saturated rings. The summed E-state index contributed by atoms with van der Waals surface area (Å²) in [6, 6.07) is 0. The van der Waals surface area contributed by atoms with Crippen LogP contribution in [0.4, 0.5) is 0 Å². The van der Waals surface area contributed by atoms with Gasteiger partial charge in [-0.15, -0.1) is 0 Å². The van der Waals surface area contributed by atoms with Gasteiger partial charge in [0.2, 0.25) is 0 Å². The molecular weight excluding hydrogens is 698 g/mol. The first-order valence-corrected chi connectivity index (χ1v) is 2.45. The predicted octanol–water partition coefficient (Wildman–Crippen LogP) is -0.455. The fraction of sp³-hybridized carbons (Fsp3) is 0. The van der Waals surface area contributed by atoms with E-state index in [0.29, 0.717) is 0 Å². The standard InChI is InChI=1S/12CO.2Ta/c12*1-2;;. The monoisotopic (exact) mass is 698 g/mol. The van der Waals surface area contributed by atoms with Gasteiger partial charge in [0.25, 0.3) is 0 Å². The van der Waals surface area contributed by atoms with Crippen molar-refractivity contribution in [2.24, 2.45) is 0 Å². The molecule has 0 aromatic heterocycles. The van der Waals surface area contributed by atoms with Gasteiger partial charge < -0.3 is 0 Å². The van der Waals surface area contributed by atoms with E-state index in [9.17, 15) is 0 Å². The van der Waals surface area contributed by atoms with E-state index in [0.717, 1.165) is 0 Å². The van der Waals surface area contributed by atoms with Crippen LogP contribution in [-0.2, 0) is 101 Å². The first kappa shape index (κ1) is 124. The smallest absolute Gasteiger partial charge is 0 e. The molecule has 2 radical (unpaired) electrons. The second-order valence-electron chi connectivity index (χ2n) is 0. The van der Waals surface area contributed by atoms with E-state index in [1.165, 1.54) is 0 Å². The molecular formula is C12O12Ta2. The van der Waals surface area contributed by atoms with Crippen LogP contribution in [0.2, 0.25) is 0 Å². The van der Waals surface area contributed by atoms with Crippen LogP contribution in [-0.4, -0.2) is 0 Å². The van der Waals surface area contributed by atoms with Crippen molar-refractivity contribution in [1.29, 1.82) is 0 Å². The van der Waals surface area contributed by atoms with E-state index in [4.69, 9.17) is 55.8 Å². The largest absolute Gasteiger partial charge is 0 e. The van der Waals surface area contributed by atoms with Crippen LogP contribution >= 0.6 is 0 Å². The summed E-state index contributed by atoms with van der Waals surface area (Å²) in [5, 5.41) is 0. The Morgan fingerprint density at radius 2 is 0.154 bits per heavy atom. The molecule has 0 aliphatic rings. The van der Waals surface area contributed by atoms with Gasteiger partial charge in [0.05, 0.1) is 0 Å². The molecule has 0 rings (SSSR count). The van der Waals surface area contributed by atoms with Gasteiger partial charge in [0.1, 0.15) is 0 Å². The topological polar surface area (TPSA) is 239 Å². The summed E-state index contributed by atoms with van der Waals surface area (Å²) in [5.41, 5.74) is 0. The second-order valence-corrected chi connectivity index (χ2v) is 0. The van der Waals surface area contributed by atoms with Crippen molar-refractivity contribution < 1.29 is 101 Å². The molecule has 0 aliphatic carbocycles. The van der Waals surface area contributed by atoms with Crippen molar-refractivity contribution >= 4 is 0 Å². The Labute approximate surface area is 180 Å². The van der Waals surface area contributed by atoms with Gasteiger partial charge in [-0.2, -0.15) is 0 Å². The van der Waals surface area contributed by atoms with Crippen LogP contribution in [0, 0.1) is 79.8 Å². The summed E-state index contributed by atoms with van der Waals surface area (Å²) >= 11 is 0. The van der Waals surface area contributed by atoms with Crippen LogP contribution in [0.25, 0.3) is 0 Å². The van der Waals surface area contributed by atoms with Crippen molar-refractivity contribution in [2.75, 3.05) is 0 Å². The quantitative estimate of drug-likeness (QED) is 0.231. The zero-order valence-corrected chi connectivity index (χ0v) is 18.2. The predicted molar refractivity (Wildman–Crippen MR) is 47.2 cm³/mol. The Balaban J connectivity index is -0.00000000500. The molecule has 130 valence electrons.